The highest BCUT2D eigenvalue weighted by Crippen LogP contribution is 2.20. The van der Waals surface area contributed by atoms with E-state index in [1.807, 2.05) is 47.4 Å². The van der Waals surface area contributed by atoms with Crippen LogP contribution in [0.1, 0.15) is 20.7 Å². The third kappa shape index (κ3) is 3.71. The summed E-state index contributed by atoms with van der Waals surface area (Å²) in [6, 6.07) is 13.5. The summed E-state index contributed by atoms with van der Waals surface area (Å²) in [4.78, 5) is 54.0. The van der Waals surface area contributed by atoms with Crippen molar-refractivity contribution in [3.05, 3.63) is 74.4 Å². The molecule has 2 heterocycles. The fraction of sp³-hybridized carbons (Fsp3) is 0.304. The molecular formula is C23H25N5O4. The van der Waals surface area contributed by atoms with Gasteiger partial charge in [0.1, 0.15) is 11.4 Å². The third-order valence-electron chi connectivity index (χ3n) is 6.04. The van der Waals surface area contributed by atoms with Crippen LogP contribution in [0.5, 0.6) is 0 Å². The fourth-order valence-electron chi connectivity index (χ4n) is 4.10. The smallest absolute Gasteiger partial charge is 0.332 e. The monoisotopic (exact) mass is 435 g/mol. The van der Waals surface area contributed by atoms with Crippen molar-refractivity contribution in [2.75, 3.05) is 38.5 Å². The molecule has 0 aliphatic carbocycles. The second-order valence-electron chi connectivity index (χ2n) is 7.98. The van der Waals surface area contributed by atoms with Gasteiger partial charge in [-0.2, -0.15) is 0 Å². The van der Waals surface area contributed by atoms with Gasteiger partial charge in [0.05, 0.1) is 6.54 Å². The molecular weight excluding hydrogens is 410 g/mol. The largest absolute Gasteiger partial charge is 0.384 e. The molecule has 3 aromatic rings. The Kier molecular flexibility index (Phi) is 5.67. The lowest BCUT2D eigenvalue weighted by Gasteiger charge is -2.34. The molecule has 32 heavy (non-hydrogen) atoms. The minimum Gasteiger partial charge on any atom is -0.384 e. The minimum absolute atomic E-state index is 0.00601. The first-order valence-electron chi connectivity index (χ1n) is 10.4. The number of ketones is 1. The van der Waals surface area contributed by atoms with E-state index in [0.29, 0.717) is 31.7 Å². The Morgan fingerprint density at radius 2 is 1.56 bits per heavy atom. The molecule has 1 fully saturated rings. The van der Waals surface area contributed by atoms with Gasteiger partial charge >= 0.3 is 5.69 Å². The quantitative estimate of drug-likeness (QED) is 0.596. The number of benzene rings is 2. The van der Waals surface area contributed by atoms with E-state index in [0.717, 1.165) is 19.9 Å². The van der Waals surface area contributed by atoms with Crippen LogP contribution < -0.4 is 17.0 Å². The molecule has 0 atom stereocenters. The van der Waals surface area contributed by atoms with Gasteiger partial charge in [-0.15, -0.1) is 0 Å². The van der Waals surface area contributed by atoms with Crippen molar-refractivity contribution in [2.45, 2.75) is 0 Å². The van der Waals surface area contributed by atoms with Gasteiger partial charge in [-0.1, -0.05) is 36.4 Å². The highest BCUT2D eigenvalue weighted by molar-refractivity contribution is 6.07. The Labute approximate surface area is 184 Å². The molecule has 0 spiro atoms. The SMILES string of the molecule is Cn1c(N)c(C(=O)CN2CCN(C(=O)c3cccc4ccccc34)CC2)c(=O)n(C)c1=O. The summed E-state index contributed by atoms with van der Waals surface area (Å²) in [5.74, 6) is -0.607. The van der Waals surface area contributed by atoms with Crippen molar-refractivity contribution in [2.24, 2.45) is 14.1 Å². The number of hydrogen-bond acceptors (Lipinski definition) is 6. The molecule has 0 bridgehead atoms. The summed E-state index contributed by atoms with van der Waals surface area (Å²) in [6.07, 6.45) is 0. The lowest BCUT2D eigenvalue weighted by molar-refractivity contribution is 0.0626. The second-order valence-corrected chi connectivity index (χ2v) is 7.98. The van der Waals surface area contributed by atoms with Gasteiger partial charge in [0.2, 0.25) is 0 Å². The van der Waals surface area contributed by atoms with E-state index >= 15 is 0 Å². The van der Waals surface area contributed by atoms with E-state index in [2.05, 4.69) is 0 Å². The van der Waals surface area contributed by atoms with Crippen LogP contribution in [0.15, 0.2) is 52.1 Å². The van der Waals surface area contributed by atoms with Crippen LogP contribution in [0.25, 0.3) is 10.8 Å². The van der Waals surface area contributed by atoms with Crippen LogP contribution >= 0.6 is 0 Å². The number of aromatic nitrogens is 2. The Balaban J connectivity index is 1.46. The van der Waals surface area contributed by atoms with Gasteiger partial charge in [0, 0.05) is 45.8 Å². The van der Waals surface area contributed by atoms with E-state index < -0.39 is 17.0 Å². The molecule has 1 aliphatic rings. The summed E-state index contributed by atoms with van der Waals surface area (Å²) in [5.41, 5.74) is 5.10. The van der Waals surface area contributed by atoms with Crippen LogP contribution in [-0.4, -0.2) is 63.3 Å². The summed E-state index contributed by atoms with van der Waals surface area (Å²) >= 11 is 0. The van der Waals surface area contributed by atoms with Crippen molar-refractivity contribution in [1.29, 1.82) is 0 Å². The Hall–Kier alpha value is -3.72. The molecule has 166 valence electrons. The molecule has 2 aromatic carbocycles. The Bertz CT molecular complexity index is 1330. The van der Waals surface area contributed by atoms with Gasteiger partial charge < -0.3 is 10.6 Å². The van der Waals surface area contributed by atoms with Crippen LogP contribution in [0, 0.1) is 0 Å². The van der Waals surface area contributed by atoms with Gasteiger partial charge in [0.15, 0.2) is 5.78 Å². The molecule has 1 aromatic heterocycles. The maximum absolute atomic E-state index is 13.1. The number of hydrogen-bond donors (Lipinski definition) is 1. The fourth-order valence-corrected chi connectivity index (χ4v) is 4.10. The molecule has 1 amide bonds. The van der Waals surface area contributed by atoms with Crippen LogP contribution in [0.4, 0.5) is 5.82 Å². The van der Waals surface area contributed by atoms with E-state index in [1.54, 1.807) is 4.90 Å². The number of carbonyl (C=O) groups is 2. The average Bonchev–Trinajstić information content (AvgIpc) is 2.81. The van der Waals surface area contributed by atoms with Gasteiger partial charge in [0.25, 0.3) is 11.5 Å². The number of Topliss-reactive ketones (excluding diaryl/α,β-unsaturated/α-hetero) is 1. The number of nitrogens with two attached hydrogens (primary N) is 1. The first-order chi connectivity index (χ1) is 15.3. The Morgan fingerprint density at radius 3 is 2.28 bits per heavy atom. The molecule has 0 radical (unpaired) electrons. The summed E-state index contributed by atoms with van der Waals surface area (Å²) in [6.45, 7) is 1.92. The number of nitrogens with zero attached hydrogens (tertiary/aromatic N) is 4. The van der Waals surface area contributed by atoms with Gasteiger partial charge in [-0.05, 0) is 16.8 Å². The van der Waals surface area contributed by atoms with Crippen molar-refractivity contribution >= 4 is 28.3 Å². The number of carbonyl (C=O) groups excluding carboxylic acids is 2. The van der Waals surface area contributed by atoms with Crippen molar-refractivity contribution in [3.63, 3.8) is 0 Å². The van der Waals surface area contributed by atoms with E-state index in [9.17, 15) is 19.2 Å². The highest BCUT2D eigenvalue weighted by Gasteiger charge is 2.27. The number of amides is 1. The zero-order valence-corrected chi connectivity index (χ0v) is 18.1. The zero-order valence-electron chi connectivity index (χ0n) is 18.1. The topological polar surface area (TPSA) is 111 Å². The molecule has 2 N–H and O–H groups in total. The first-order valence-corrected chi connectivity index (χ1v) is 10.4. The van der Waals surface area contributed by atoms with Crippen LogP contribution in [0.3, 0.4) is 0 Å². The van der Waals surface area contributed by atoms with Gasteiger partial charge in [-0.25, -0.2) is 4.79 Å². The van der Waals surface area contributed by atoms with E-state index in [1.165, 1.54) is 14.1 Å². The maximum Gasteiger partial charge on any atom is 0.332 e. The Morgan fingerprint density at radius 1 is 0.906 bits per heavy atom. The number of anilines is 1. The van der Waals surface area contributed by atoms with E-state index in [4.69, 9.17) is 5.73 Å². The lowest BCUT2D eigenvalue weighted by Crippen LogP contribution is -2.50. The van der Waals surface area contributed by atoms with Crippen molar-refractivity contribution < 1.29 is 9.59 Å². The maximum atomic E-state index is 13.1. The molecule has 0 unspecified atom stereocenters. The normalized spacial score (nSPS) is 14.6. The molecule has 0 saturated carbocycles. The molecule has 9 nitrogen and oxygen atoms in total. The van der Waals surface area contributed by atoms with Crippen LogP contribution in [-0.2, 0) is 14.1 Å². The molecule has 1 saturated heterocycles. The number of fused-ring (bicyclic) bond motifs is 1. The number of rotatable bonds is 4. The molecule has 1 aliphatic heterocycles. The zero-order chi connectivity index (χ0) is 23.0. The average molecular weight is 435 g/mol. The lowest BCUT2D eigenvalue weighted by atomic mass is 10.0. The molecule has 9 heteroatoms. The predicted octanol–water partition coefficient (Wildman–Crippen LogP) is 0.460. The first kappa shape index (κ1) is 21.5. The molecule has 4 rings (SSSR count). The second kappa shape index (κ2) is 8.43. The third-order valence-corrected chi connectivity index (χ3v) is 6.04. The summed E-state index contributed by atoms with van der Waals surface area (Å²) < 4.78 is 1.97. The van der Waals surface area contributed by atoms with E-state index in [-0.39, 0.29) is 23.8 Å². The van der Waals surface area contributed by atoms with Gasteiger partial charge in [-0.3, -0.25) is 28.4 Å². The summed E-state index contributed by atoms with van der Waals surface area (Å²) in [7, 11) is 2.74. The predicted molar refractivity (Wildman–Crippen MR) is 122 cm³/mol. The minimum atomic E-state index is -0.694. The van der Waals surface area contributed by atoms with Crippen molar-refractivity contribution in [3.8, 4) is 0 Å². The number of piperazine rings is 1. The van der Waals surface area contributed by atoms with Crippen molar-refractivity contribution in [1.82, 2.24) is 18.9 Å². The number of nitrogen functional groups attached to an aromatic ring is 1. The summed E-state index contributed by atoms with van der Waals surface area (Å²) in [5, 5.41) is 1.93. The van der Waals surface area contributed by atoms with Crippen LogP contribution in [0.2, 0.25) is 0 Å². The standard InChI is InChI=1S/C23H25N5O4/c1-25-20(24)19(22(31)26(2)23(25)32)18(29)14-27-10-12-28(13-11-27)21(30)17-9-5-7-15-6-3-4-8-16(15)17/h3-9H,10-14,24H2,1-2H3. The highest BCUT2D eigenvalue weighted by atomic mass is 16.2.